The normalized spacial score (nSPS) is 11.7. The van der Waals surface area contributed by atoms with Crippen molar-refractivity contribution in [2.24, 2.45) is 0 Å². The molecule has 0 radical (unpaired) electrons. The number of aromatic nitrogens is 1. The number of halogens is 5. The van der Waals surface area contributed by atoms with Gasteiger partial charge in [0.2, 0.25) is 0 Å². The lowest BCUT2D eigenvalue weighted by molar-refractivity contribution is -0.138. The molecule has 0 N–H and O–H groups in total. The van der Waals surface area contributed by atoms with E-state index in [1.54, 1.807) is 6.07 Å². The summed E-state index contributed by atoms with van der Waals surface area (Å²) in [7, 11) is 0. The second-order valence-corrected chi connectivity index (χ2v) is 4.94. The van der Waals surface area contributed by atoms with Gasteiger partial charge in [0.15, 0.2) is 0 Å². The van der Waals surface area contributed by atoms with E-state index in [9.17, 15) is 18.0 Å². The van der Waals surface area contributed by atoms with E-state index in [0.29, 0.717) is 10.6 Å². The van der Waals surface area contributed by atoms with Crippen molar-refractivity contribution in [1.29, 1.82) is 0 Å². The maximum Gasteiger partial charge on any atom is 0.417 e. The van der Waals surface area contributed by atoms with E-state index < -0.39 is 17.3 Å². The molecule has 0 aliphatic carbocycles. The SMILES string of the molecule is O=c1ccc(C(F)(F)F)cn1Cc1ccc(Cl)c(Cl)c1. The van der Waals surface area contributed by atoms with E-state index in [2.05, 4.69) is 0 Å². The summed E-state index contributed by atoms with van der Waals surface area (Å²) in [6.07, 6.45) is -3.71. The lowest BCUT2D eigenvalue weighted by Gasteiger charge is -2.11. The van der Waals surface area contributed by atoms with Gasteiger partial charge in [0, 0.05) is 12.3 Å². The van der Waals surface area contributed by atoms with Gasteiger partial charge in [0.1, 0.15) is 0 Å². The van der Waals surface area contributed by atoms with Crippen LogP contribution < -0.4 is 5.56 Å². The fourth-order valence-corrected chi connectivity index (χ4v) is 1.98. The lowest BCUT2D eigenvalue weighted by atomic mass is 10.2. The minimum atomic E-state index is -4.49. The quantitative estimate of drug-likeness (QED) is 0.811. The summed E-state index contributed by atoms with van der Waals surface area (Å²) in [6, 6.07) is 6.28. The van der Waals surface area contributed by atoms with Gasteiger partial charge in [-0.25, -0.2) is 0 Å². The molecule has 0 spiro atoms. The standard InChI is InChI=1S/C13H8Cl2F3NO/c14-10-3-1-8(5-11(10)15)6-19-7-9(13(16,17)18)2-4-12(19)20/h1-5,7H,6H2. The maximum absolute atomic E-state index is 12.6. The Morgan fingerprint density at radius 3 is 2.35 bits per heavy atom. The van der Waals surface area contributed by atoms with Crippen molar-refractivity contribution in [3.8, 4) is 0 Å². The summed E-state index contributed by atoms with van der Waals surface area (Å²) in [4.78, 5) is 11.6. The van der Waals surface area contributed by atoms with Crippen LogP contribution in [-0.4, -0.2) is 4.57 Å². The molecule has 106 valence electrons. The van der Waals surface area contributed by atoms with Crippen LogP contribution in [0.15, 0.2) is 41.3 Å². The van der Waals surface area contributed by atoms with Crippen LogP contribution in [0, 0.1) is 0 Å². The predicted octanol–water partition coefficient (Wildman–Crippen LogP) is 4.22. The van der Waals surface area contributed by atoms with E-state index >= 15 is 0 Å². The molecular formula is C13H8Cl2F3NO. The van der Waals surface area contributed by atoms with E-state index in [1.165, 1.54) is 12.1 Å². The number of rotatable bonds is 2. The first-order chi connectivity index (χ1) is 9.27. The predicted molar refractivity (Wildman–Crippen MR) is 71.3 cm³/mol. The molecule has 0 saturated heterocycles. The van der Waals surface area contributed by atoms with Crippen molar-refractivity contribution in [2.75, 3.05) is 0 Å². The molecule has 0 aliphatic heterocycles. The molecule has 0 amide bonds. The van der Waals surface area contributed by atoms with Crippen molar-refractivity contribution < 1.29 is 13.2 Å². The van der Waals surface area contributed by atoms with Gasteiger partial charge in [-0.1, -0.05) is 29.3 Å². The summed E-state index contributed by atoms with van der Waals surface area (Å²) in [5, 5.41) is 0.621. The van der Waals surface area contributed by atoms with E-state index in [-0.39, 0.29) is 11.6 Å². The molecule has 20 heavy (non-hydrogen) atoms. The van der Waals surface area contributed by atoms with Crippen molar-refractivity contribution in [2.45, 2.75) is 12.7 Å². The molecule has 1 aromatic heterocycles. The average Bonchev–Trinajstić information content (AvgIpc) is 2.35. The number of benzene rings is 1. The molecule has 0 unspecified atom stereocenters. The first-order valence-corrected chi connectivity index (χ1v) is 6.24. The third-order valence-electron chi connectivity index (χ3n) is 2.65. The zero-order valence-electron chi connectivity index (χ0n) is 9.92. The monoisotopic (exact) mass is 321 g/mol. The Balaban J connectivity index is 2.38. The molecule has 7 heteroatoms. The number of nitrogens with zero attached hydrogens (tertiary/aromatic N) is 1. The first-order valence-electron chi connectivity index (χ1n) is 5.49. The highest BCUT2D eigenvalue weighted by molar-refractivity contribution is 6.42. The topological polar surface area (TPSA) is 22.0 Å². The molecule has 0 bridgehead atoms. The number of alkyl halides is 3. The Morgan fingerprint density at radius 1 is 1.05 bits per heavy atom. The third kappa shape index (κ3) is 3.35. The summed E-state index contributed by atoms with van der Waals surface area (Å²) >= 11 is 11.6. The molecular weight excluding hydrogens is 314 g/mol. The Morgan fingerprint density at radius 2 is 1.75 bits per heavy atom. The molecule has 2 aromatic rings. The molecule has 2 rings (SSSR count). The highest BCUT2D eigenvalue weighted by Crippen LogP contribution is 2.28. The Bertz CT molecular complexity index is 695. The summed E-state index contributed by atoms with van der Waals surface area (Å²) in [5.74, 6) is 0. The van der Waals surface area contributed by atoms with Crippen LogP contribution in [0.25, 0.3) is 0 Å². The summed E-state index contributed by atoms with van der Waals surface area (Å²) < 4.78 is 38.8. The third-order valence-corrected chi connectivity index (χ3v) is 3.39. The highest BCUT2D eigenvalue weighted by Gasteiger charge is 2.31. The molecule has 0 saturated carbocycles. The van der Waals surface area contributed by atoms with Gasteiger partial charge in [0.25, 0.3) is 5.56 Å². The van der Waals surface area contributed by atoms with Crippen LogP contribution in [0.3, 0.4) is 0 Å². The zero-order chi connectivity index (χ0) is 14.9. The van der Waals surface area contributed by atoms with Gasteiger partial charge in [-0.15, -0.1) is 0 Å². The molecule has 0 aliphatic rings. The fraction of sp³-hybridized carbons (Fsp3) is 0.154. The van der Waals surface area contributed by atoms with Crippen LogP contribution in [0.2, 0.25) is 10.0 Å². The van der Waals surface area contributed by atoms with Gasteiger partial charge in [0.05, 0.1) is 22.2 Å². The minimum absolute atomic E-state index is 0.0142. The Labute approximate surface area is 122 Å². The van der Waals surface area contributed by atoms with Crippen LogP contribution >= 0.6 is 23.2 Å². The van der Waals surface area contributed by atoms with E-state index in [0.717, 1.165) is 22.9 Å². The smallest absolute Gasteiger partial charge is 0.311 e. The number of pyridine rings is 1. The second-order valence-electron chi connectivity index (χ2n) is 4.13. The Hall–Kier alpha value is -1.46. The van der Waals surface area contributed by atoms with Gasteiger partial charge >= 0.3 is 6.18 Å². The van der Waals surface area contributed by atoms with Crippen LogP contribution in [0.1, 0.15) is 11.1 Å². The lowest BCUT2D eigenvalue weighted by Crippen LogP contribution is -2.21. The largest absolute Gasteiger partial charge is 0.417 e. The molecule has 1 aromatic carbocycles. The van der Waals surface area contributed by atoms with Crippen molar-refractivity contribution in [3.05, 3.63) is 68.1 Å². The molecule has 0 atom stereocenters. The van der Waals surface area contributed by atoms with Crippen molar-refractivity contribution >= 4 is 23.2 Å². The van der Waals surface area contributed by atoms with Crippen molar-refractivity contribution in [1.82, 2.24) is 4.57 Å². The van der Waals surface area contributed by atoms with Crippen LogP contribution in [0.5, 0.6) is 0 Å². The first kappa shape index (κ1) is 14.9. The molecule has 1 heterocycles. The number of hydrogen-bond acceptors (Lipinski definition) is 1. The van der Waals surface area contributed by atoms with E-state index in [4.69, 9.17) is 23.2 Å². The van der Waals surface area contributed by atoms with Gasteiger partial charge in [-0.3, -0.25) is 4.79 Å². The molecule has 2 nitrogen and oxygen atoms in total. The van der Waals surface area contributed by atoms with Crippen LogP contribution in [-0.2, 0) is 12.7 Å². The van der Waals surface area contributed by atoms with Crippen LogP contribution in [0.4, 0.5) is 13.2 Å². The van der Waals surface area contributed by atoms with E-state index in [1.807, 2.05) is 0 Å². The minimum Gasteiger partial charge on any atom is -0.311 e. The van der Waals surface area contributed by atoms with Gasteiger partial charge < -0.3 is 4.57 Å². The summed E-state index contributed by atoms with van der Waals surface area (Å²) in [5.41, 5.74) is -0.818. The average molecular weight is 322 g/mol. The maximum atomic E-state index is 12.6. The second kappa shape index (κ2) is 5.50. The Kier molecular flexibility index (Phi) is 4.11. The van der Waals surface area contributed by atoms with Crippen molar-refractivity contribution in [3.63, 3.8) is 0 Å². The number of hydrogen-bond donors (Lipinski definition) is 0. The van der Waals surface area contributed by atoms with Gasteiger partial charge in [-0.2, -0.15) is 13.2 Å². The highest BCUT2D eigenvalue weighted by atomic mass is 35.5. The zero-order valence-corrected chi connectivity index (χ0v) is 11.4. The summed E-state index contributed by atoms with van der Waals surface area (Å²) in [6.45, 7) is -0.0142. The fourth-order valence-electron chi connectivity index (χ4n) is 1.66. The van der Waals surface area contributed by atoms with Gasteiger partial charge in [-0.05, 0) is 23.8 Å². The molecule has 0 fully saturated rings.